The van der Waals surface area contributed by atoms with Crippen LogP contribution >= 0.6 is 0 Å². The van der Waals surface area contributed by atoms with Gasteiger partial charge in [0.05, 0.1) is 6.61 Å². The van der Waals surface area contributed by atoms with Gasteiger partial charge in [-0.2, -0.15) is 0 Å². The number of benzene rings is 1. The molecule has 2 rings (SSSR count). The first-order valence-corrected chi connectivity index (χ1v) is 8.71. The molecule has 0 bridgehead atoms. The van der Waals surface area contributed by atoms with E-state index in [9.17, 15) is 14.4 Å². The van der Waals surface area contributed by atoms with Crippen LogP contribution in [0.25, 0.3) is 0 Å². The number of ether oxygens (including phenoxy) is 1. The van der Waals surface area contributed by atoms with Crippen LogP contribution in [0.4, 0.5) is 0 Å². The highest BCUT2D eigenvalue weighted by Crippen LogP contribution is 2.18. The van der Waals surface area contributed by atoms with Crippen molar-refractivity contribution in [3.05, 3.63) is 52.3 Å². The standard InChI is InChI=1S/C20H24N2O5/c1-12-18(14(3)23)13(2)22-19(12)20(26)21-11-15-6-8-16(9-7-15)27-10-4-5-17(24)25/h6-9,22H,4-5,10-11H2,1-3H3,(H,21,26)(H,24,25). The molecule has 0 atom stereocenters. The predicted molar refractivity (Wildman–Crippen MR) is 100 cm³/mol. The van der Waals surface area contributed by atoms with Crippen molar-refractivity contribution >= 4 is 17.7 Å². The third kappa shape index (κ3) is 5.44. The fraction of sp³-hybridized carbons (Fsp3) is 0.350. The van der Waals surface area contributed by atoms with Crippen molar-refractivity contribution in [1.82, 2.24) is 10.3 Å². The second-order valence-corrected chi connectivity index (χ2v) is 6.35. The lowest BCUT2D eigenvalue weighted by atomic mass is 10.1. The largest absolute Gasteiger partial charge is 0.494 e. The maximum Gasteiger partial charge on any atom is 0.303 e. The lowest BCUT2D eigenvalue weighted by Gasteiger charge is -2.08. The summed E-state index contributed by atoms with van der Waals surface area (Å²) in [5, 5.41) is 11.4. The summed E-state index contributed by atoms with van der Waals surface area (Å²) in [5.41, 5.74) is 3.20. The van der Waals surface area contributed by atoms with E-state index in [-0.39, 0.29) is 18.1 Å². The van der Waals surface area contributed by atoms with Gasteiger partial charge in [-0.1, -0.05) is 12.1 Å². The zero-order chi connectivity index (χ0) is 20.0. The Morgan fingerprint density at radius 2 is 1.81 bits per heavy atom. The van der Waals surface area contributed by atoms with Crippen molar-refractivity contribution in [2.75, 3.05) is 6.61 Å². The third-order valence-electron chi connectivity index (χ3n) is 4.20. The van der Waals surface area contributed by atoms with E-state index in [1.165, 1.54) is 6.92 Å². The molecule has 2 aromatic rings. The average molecular weight is 372 g/mol. The molecule has 1 heterocycles. The minimum Gasteiger partial charge on any atom is -0.494 e. The zero-order valence-electron chi connectivity index (χ0n) is 15.7. The van der Waals surface area contributed by atoms with Gasteiger partial charge in [0.15, 0.2) is 5.78 Å². The maximum atomic E-state index is 12.4. The molecule has 0 fully saturated rings. The molecular weight excluding hydrogens is 348 g/mol. The summed E-state index contributed by atoms with van der Waals surface area (Å²) in [6.45, 7) is 5.69. The van der Waals surface area contributed by atoms with Crippen LogP contribution in [0, 0.1) is 13.8 Å². The first kappa shape index (κ1) is 20.2. The second kappa shape index (κ2) is 9.02. The van der Waals surface area contributed by atoms with Gasteiger partial charge in [0.25, 0.3) is 5.91 Å². The van der Waals surface area contributed by atoms with E-state index in [0.29, 0.717) is 47.8 Å². The molecule has 0 saturated heterocycles. The monoisotopic (exact) mass is 372 g/mol. The van der Waals surface area contributed by atoms with E-state index >= 15 is 0 Å². The molecule has 0 saturated carbocycles. The highest BCUT2D eigenvalue weighted by molar-refractivity contribution is 6.02. The Kier molecular flexibility index (Phi) is 6.76. The number of Topliss-reactive ketones (excluding diaryl/α,β-unsaturated/α-hetero) is 1. The van der Waals surface area contributed by atoms with Crippen LogP contribution < -0.4 is 10.1 Å². The minimum absolute atomic E-state index is 0.0701. The Bertz CT molecular complexity index is 837. The summed E-state index contributed by atoms with van der Waals surface area (Å²) < 4.78 is 5.47. The Morgan fingerprint density at radius 3 is 2.37 bits per heavy atom. The van der Waals surface area contributed by atoms with Gasteiger partial charge >= 0.3 is 5.97 Å². The lowest BCUT2D eigenvalue weighted by Crippen LogP contribution is -2.24. The molecule has 27 heavy (non-hydrogen) atoms. The van der Waals surface area contributed by atoms with Crippen molar-refractivity contribution in [3.8, 4) is 5.75 Å². The van der Waals surface area contributed by atoms with Crippen LogP contribution in [-0.4, -0.2) is 34.4 Å². The number of amides is 1. The summed E-state index contributed by atoms with van der Waals surface area (Å²) in [4.78, 5) is 37.5. The number of aliphatic carboxylic acids is 1. The number of aryl methyl sites for hydroxylation is 1. The van der Waals surface area contributed by atoms with Crippen molar-refractivity contribution in [2.24, 2.45) is 0 Å². The van der Waals surface area contributed by atoms with E-state index in [2.05, 4.69) is 10.3 Å². The molecule has 1 amide bonds. The van der Waals surface area contributed by atoms with Crippen LogP contribution in [0.3, 0.4) is 0 Å². The van der Waals surface area contributed by atoms with Crippen LogP contribution in [-0.2, 0) is 11.3 Å². The van der Waals surface area contributed by atoms with E-state index < -0.39 is 5.97 Å². The molecule has 144 valence electrons. The Balaban J connectivity index is 1.89. The summed E-state index contributed by atoms with van der Waals surface area (Å²) >= 11 is 0. The van der Waals surface area contributed by atoms with Gasteiger partial charge in [0, 0.05) is 24.2 Å². The Labute approximate surface area is 157 Å². The van der Waals surface area contributed by atoms with Gasteiger partial charge < -0.3 is 20.1 Å². The number of aromatic amines is 1. The van der Waals surface area contributed by atoms with E-state index in [1.807, 2.05) is 12.1 Å². The van der Waals surface area contributed by atoms with E-state index in [0.717, 1.165) is 5.56 Å². The summed E-state index contributed by atoms with van der Waals surface area (Å²) in [6.07, 6.45) is 0.525. The Hall–Kier alpha value is -3.09. The number of H-pyrrole nitrogens is 1. The van der Waals surface area contributed by atoms with E-state index in [4.69, 9.17) is 9.84 Å². The lowest BCUT2D eigenvalue weighted by molar-refractivity contribution is -0.137. The van der Waals surface area contributed by atoms with Gasteiger partial charge in [-0.25, -0.2) is 0 Å². The zero-order valence-corrected chi connectivity index (χ0v) is 15.7. The highest BCUT2D eigenvalue weighted by atomic mass is 16.5. The topological polar surface area (TPSA) is 108 Å². The molecule has 1 aromatic carbocycles. The normalized spacial score (nSPS) is 10.5. The number of ketones is 1. The average Bonchev–Trinajstić information content (AvgIpc) is 2.92. The molecule has 1 aromatic heterocycles. The number of carboxylic acid groups (broad SMARTS) is 1. The smallest absolute Gasteiger partial charge is 0.303 e. The molecule has 7 nitrogen and oxygen atoms in total. The van der Waals surface area contributed by atoms with Gasteiger partial charge in [-0.3, -0.25) is 14.4 Å². The summed E-state index contributed by atoms with van der Waals surface area (Å²) in [5.74, 6) is -0.527. The van der Waals surface area contributed by atoms with Crippen LogP contribution in [0.1, 0.15) is 57.4 Å². The number of carbonyl (C=O) groups is 3. The molecule has 0 spiro atoms. The first-order chi connectivity index (χ1) is 12.8. The molecule has 0 aliphatic carbocycles. The van der Waals surface area contributed by atoms with Gasteiger partial charge in [0.1, 0.15) is 11.4 Å². The summed E-state index contributed by atoms with van der Waals surface area (Å²) in [7, 11) is 0. The number of hydrogen-bond acceptors (Lipinski definition) is 4. The van der Waals surface area contributed by atoms with Crippen molar-refractivity contribution in [1.29, 1.82) is 0 Å². The number of carbonyl (C=O) groups excluding carboxylic acids is 2. The first-order valence-electron chi connectivity index (χ1n) is 8.71. The number of rotatable bonds is 9. The predicted octanol–water partition coefficient (Wildman–Crippen LogP) is 3.01. The Morgan fingerprint density at radius 1 is 1.15 bits per heavy atom. The SMILES string of the molecule is CC(=O)c1c(C)[nH]c(C(=O)NCc2ccc(OCCCC(=O)O)cc2)c1C. The molecule has 7 heteroatoms. The molecule has 0 aliphatic rings. The molecule has 0 radical (unpaired) electrons. The molecule has 3 N–H and O–H groups in total. The number of aromatic nitrogens is 1. The van der Waals surface area contributed by atoms with Crippen molar-refractivity contribution < 1.29 is 24.2 Å². The molecule has 0 unspecified atom stereocenters. The van der Waals surface area contributed by atoms with Gasteiger partial charge in [0.2, 0.25) is 0 Å². The molecular formula is C20H24N2O5. The molecule has 0 aliphatic heterocycles. The van der Waals surface area contributed by atoms with Gasteiger partial charge in [-0.15, -0.1) is 0 Å². The van der Waals surface area contributed by atoms with Gasteiger partial charge in [-0.05, 0) is 50.5 Å². The minimum atomic E-state index is -0.840. The van der Waals surface area contributed by atoms with Crippen molar-refractivity contribution in [2.45, 2.75) is 40.2 Å². The third-order valence-corrected chi connectivity index (χ3v) is 4.20. The fourth-order valence-corrected chi connectivity index (χ4v) is 2.89. The van der Waals surface area contributed by atoms with E-state index in [1.54, 1.807) is 26.0 Å². The number of nitrogens with one attached hydrogen (secondary N) is 2. The quantitative estimate of drug-likeness (QED) is 0.463. The van der Waals surface area contributed by atoms with Crippen LogP contribution in [0.15, 0.2) is 24.3 Å². The number of carboxylic acids is 1. The fourth-order valence-electron chi connectivity index (χ4n) is 2.89. The van der Waals surface area contributed by atoms with Crippen LogP contribution in [0.5, 0.6) is 5.75 Å². The highest BCUT2D eigenvalue weighted by Gasteiger charge is 2.19. The number of hydrogen-bond donors (Lipinski definition) is 3. The van der Waals surface area contributed by atoms with Crippen molar-refractivity contribution in [3.63, 3.8) is 0 Å². The second-order valence-electron chi connectivity index (χ2n) is 6.35. The summed E-state index contributed by atoms with van der Waals surface area (Å²) in [6, 6.07) is 7.22. The van der Waals surface area contributed by atoms with Crippen LogP contribution in [0.2, 0.25) is 0 Å². The maximum absolute atomic E-state index is 12.4.